The molecule has 0 bridgehead atoms. The largest absolute Gasteiger partial charge is 0.493 e. The minimum absolute atomic E-state index is 0.0361. The number of benzene rings is 1. The summed E-state index contributed by atoms with van der Waals surface area (Å²) in [6, 6.07) is 7.43. The van der Waals surface area contributed by atoms with Gasteiger partial charge < -0.3 is 14.4 Å². The number of hydrogen-bond acceptors (Lipinski definition) is 5. The number of methoxy groups -OCH3 is 1. The van der Waals surface area contributed by atoms with E-state index in [1.807, 2.05) is 24.3 Å². The average molecular weight is 329 g/mol. The minimum atomic E-state index is -1.11. The predicted octanol–water partition coefficient (Wildman–Crippen LogP) is 1.35. The fourth-order valence-corrected chi connectivity index (χ4v) is 3.76. The number of para-hydroxylation sites is 2. The molecule has 1 aromatic carbocycles. The van der Waals surface area contributed by atoms with Gasteiger partial charge in [0.1, 0.15) is 17.7 Å². The van der Waals surface area contributed by atoms with Crippen molar-refractivity contribution in [2.45, 2.75) is 5.37 Å². The van der Waals surface area contributed by atoms with Crippen LogP contribution in [0.4, 0.5) is 0 Å². The molecule has 0 N–H and O–H groups in total. The lowest BCUT2D eigenvalue weighted by Gasteiger charge is -2.23. The first-order valence-corrected chi connectivity index (χ1v) is 9.36. The molecule has 0 radical (unpaired) electrons. The van der Waals surface area contributed by atoms with E-state index in [9.17, 15) is 9.00 Å². The molecule has 5 nitrogen and oxygen atoms in total. The molecule has 1 aliphatic rings. The predicted molar refractivity (Wildman–Crippen MR) is 85.4 cm³/mol. The Hall–Kier alpha value is -1.21. The van der Waals surface area contributed by atoms with Crippen LogP contribution in [0.5, 0.6) is 11.5 Å². The number of carbonyl (C=O) groups is 1. The van der Waals surface area contributed by atoms with Crippen LogP contribution in [-0.4, -0.2) is 58.4 Å². The molecule has 2 rings (SSSR count). The molecule has 0 spiro atoms. The van der Waals surface area contributed by atoms with Crippen molar-refractivity contribution in [3.8, 4) is 11.5 Å². The normalized spacial score (nSPS) is 19.3. The van der Waals surface area contributed by atoms with Gasteiger partial charge in [0.2, 0.25) is 5.91 Å². The summed E-state index contributed by atoms with van der Waals surface area (Å²) in [5.74, 6) is 2.22. The highest BCUT2D eigenvalue weighted by Gasteiger charge is 2.30. The van der Waals surface area contributed by atoms with E-state index in [4.69, 9.17) is 9.47 Å². The fraction of sp³-hybridized carbons (Fsp3) is 0.500. The Balaban J connectivity index is 1.95. The van der Waals surface area contributed by atoms with Crippen LogP contribution in [0.1, 0.15) is 0 Å². The summed E-state index contributed by atoms with van der Waals surface area (Å²) in [5.41, 5.74) is 0. The van der Waals surface area contributed by atoms with Crippen LogP contribution in [-0.2, 0) is 15.6 Å². The van der Waals surface area contributed by atoms with Crippen LogP contribution in [0.2, 0.25) is 0 Å². The van der Waals surface area contributed by atoms with Crippen molar-refractivity contribution in [3.63, 3.8) is 0 Å². The van der Waals surface area contributed by atoms with Crippen LogP contribution in [0, 0.1) is 0 Å². The second kappa shape index (κ2) is 7.70. The SMILES string of the molecule is COc1ccccc1OC[C@@H]1SCCN1C(=O)C[S@@](C)=O. The van der Waals surface area contributed by atoms with E-state index < -0.39 is 10.8 Å². The smallest absolute Gasteiger partial charge is 0.236 e. The summed E-state index contributed by atoms with van der Waals surface area (Å²) in [5, 5.41) is -0.0361. The van der Waals surface area contributed by atoms with E-state index in [1.165, 1.54) is 0 Å². The molecule has 116 valence electrons. The van der Waals surface area contributed by atoms with Crippen LogP contribution in [0.3, 0.4) is 0 Å². The van der Waals surface area contributed by atoms with Crippen molar-refractivity contribution in [2.24, 2.45) is 0 Å². The van der Waals surface area contributed by atoms with Gasteiger partial charge in [-0.3, -0.25) is 9.00 Å². The second-order valence-electron chi connectivity index (χ2n) is 4.59. The Morgan fingerprint density at radius 2 is 2.14 bits per heavy atom. The zero-order valence-corrected chi connectivity index (χ0v) is 13.7. The monoisotopic (exact) mass is 329 g/mol. The maximum absolute atomic E-state index is 12.0. The molecule has 1 aromatic rings. The van der Waals surface area contributed by atoms with Crippen molar-refractivity contribution < 1.29 is 18.5 Å². The summed E-state index contributed by atoms with van der Waals surface area (Å²) >= 11 is 1.68. The van der Waals surface area contributed by atoms with Crippen molar-refractivity contribution in [3.05, 3.63) is 24.3 Å². The molecule has 21 heavy (non-hydrogen) atoms. The lowest BCUT2D eigenvalue weighted by Crippen LogP contribution is -2.40. The Morgan fingerprint density at radius 1 is 1.43 bits per heavy atom. The number of carbonyl (C=O) groups excluding carboxylic acids is 1. The van der Waals surface area contributed by atoms with Gasteiger partial charge >= 0.3 is 0 Å². The minimum Gasteiger partial charge on any atom is -0.493 e. The highest BCUT2D eigenvalue weighted by atomic mass is 32.2. The Morgan fingerprint density at radius 3 is 2.81 bits per heavy atom. The van der Waals surface area contributed by atoms with Gasteiger partial charge in [-0.05, 0) is 12.1 Å². The van der Waals surface area contributed by atoms with Gasteiger partial charge in [-0.25, -0.2) is 0 Å². The van der Waals surface area contributed by atoms with E-state index >= 15 is 0 Å². The molecule has 2 atom stereocenters. The van der Waals surface area contributed by atoms with Crippen LogP contribution in [0.25, 0.3) is 0 Å². The van der Waals surface area contributed by atoms with Gasteiger partial charge in [-0.15, -0.1) is 11.8 Å². The number of amides is 1. The summed E-state index contributed by atoms with van der Waals surface area (Å²) in [6.07, 6.45) is 1.54. The van der Waals surface area contributed by atoms with Gasteiger partial charge in [-0.2, -0.15) is 0 Å². The number of thioether (sulfide) groups is 1. The molecular formula is C14H19NO4S2. The van der Waals surface area contributed by atoms with E-state index in [0.29, 0.717) is 24.7 Å². The van der Waals surface area contributed by atoms with Crippen molar-refractivity contribution in [1.82, 2.24) is 4.90 Å². The Kier molecular flexibility index (Phi) is 5.93. The van der Waals surface area contributed by atoms with E-state index in [-0.39, 0.29) is 17.0 Å². The number of nitrogens with zero attached hydrogens (tertiary/aromatic N) is 1. The maximum atomic E-state index is 12.0. The van der Waals surface area contributed by atoms with E-state index in [1.54, 1.807) is 30.0 Å². The first kappa shape index (κ1) is 16.2. The first-order valence-electron chi connectivity index (χ1n) is 6.58. The Labute approximate surface area is 131 Å². The molecule has 1 fully saturated rings. The first-order chi connectivity index (χ1) is 10.1. The highest BCUT2D eigenvalue weighted by Crippen LogP contribution is 2.29. The van der Waals surface area contributed by atoms with Gasteiger partial charge in [0.05, 0.1) is 7.11 Å². The molecule has 1 saturated heterocycles. The third-order valence-electron chi connectivity index (χ3n) is 3.09. The number of hydrogen-bond donors (Lipinski definition) is 0. The van der Waals surface area contributed by atoms with Gasteiger partial charge in [-0.1, -0.05) is 12.1 Å². The van der Waals surface area contributed by atoms with Gasteiger partial charge in [0.15, 0.2) is 11.5 Å². The zero-order chi connectivity index (χ0) is 15.2. The summed E-state index contributed by atoms with van der Waals surface area (Å²) in [6.45, 7) is 1.08. The lowest BCUT2D eigenvalue weighted by atomic mass is 10.3. The molecule has 1 aliphatic heterocycles. The molecule has 1 amide bonds. The standard InChI is InChI=1S/C14H19NO4S2/c1-18-11-5-3-4-6-12(11)19-9-14-15(7-8-20-14)13(16)10-21(2)17/h3-6,14H,7-10H2,1-2H3/t14-,21+/m0/s1. The summed E-state index contributed by atoms with van der Waals surface area (Å²) < 4.78 is 22.2. The number of ether oxygens (including phenoxy) is 2. The molecular weight excluding hydrogens is 310 g/mol. The Bertz CT molecular complexity index is 523. The van der Waals surface area contributed by atoms with Crippen molar-refractivity contribution >= 4 is 28.5 Å². The van der Waals surface area contributed by atoms with Gasteiger partial charge in [0.25, 0.3) is 0 Å². The van der Waals surface area contributed by atoms with E-state index in [2.05, 4.69) is 0 Å². The zero-order valence-electron chi connectivity index (χ0n) is 12.1. The molecule has 0 unspecified atom stereocenters. The highest BCUT2D eigenvalue weighted by molar-refractivity contribution is 8.00. The fourth-order valence-electron chi connectivity index (χ4n) is 2.10. The average Bonchev–Trinajstić information content (AvgIpc) is 2.93. The molecule has 7 heteroatoms. The quantitative estimate of drug-likeness (QED) is 0.789. The molecule has 0 saturated carbocycles. The second-order valence-corrected chi connectivity index (χ2v) is 7.31. The maximum Gasteiger partial charge on any atom is 0.236 e. The third-order valence-corrected chi connectivity index (χ3v) is 4.93. The molecule has 0 aliphatic carbocycles. The molecule has 1 heterocycles. The third kappa shape index (κ3) is 4.38. The summed E-state index contributed by atoms with van der Waals surface area (Å²) in [7, 11) is 0.483. The lowest BCUT2D eigenvalue weighted by molar-refractivity contribution is -0.128. The van der Waals surface area contributed by atoms with E-state index in [0.717, 1.165) is 5.75 Å². The van der Waals surface area contributed by atoms with Crippen LogP contribution in [0.15, 0.2) is 24.3 Å². The van der Waals surface area contributed by atoms with Gasteiger partial charge in [0, 0.05) is 29.4 Å². The summed E-state index contributed by atoms with van der Waals surface area (Å²) in [4.78, 5) is 13.8. The van der Waals surface area contributed by atoms with Crippen molar-refractivity contribution in [1.29, 1.82) is 0 Å². The van der Waals surface area contributed by atoms with Crippen LogP contribution >= 0.6 is 11.8 Å². The molecule has 0 aromatic heterocycles. The number of rotatable bonds is 6. The topological polar surface area (TPSA) is 55.8 Å². The van der Waals surface area contributed by atoms with Crippen molar-refractivity contribution in [2.75, 3.05) is 38.0 Å². The van der Waals surface area contributed by atoms with Crippen LogP contribution < -0.4 is 9.47 Å².